The molecule has 0 saturated carbocycles. The summed E-state index contributed by atoms with van der Waals surface area (Å²) in [6.45, 7) is 9.20. The summed E-state index contributed by atoms with van der Waals surface area (Å²) >= 11 is 0. The van der Waals surface area contributed by atoms with Crippen molar-refractivity contribution in [2.45, 2.75) is 79.1 Å². The zero-order chi connectivity index (χ0) is 31.6. The molecule has 234 valence electrons. The predicted octanol–water partition coefficient (Wildman–Crippen LogP) is 9.84. The minimum atomic E-state index is -0.278. The summed E-state index contributed by atoms with van der Waals surface area (Å²) < 4.78 is 11.9. The number of carbonyl (C=O) groups is 2. The smallest absolute Gasteiger partial charge is 0.255 e. The number of nitrogens with one attached hydrogen (secondary N) is 2. The van der Waals surface area contributed by atoms with Crippen LogP contribution >= 0.6 is 0 Å². The van der Waals surface area contributed by atoms with Crippen LogP contribution in [-0.4, -0.2) is 25.0 Å². The molecule has 0 aromatic heterocycles. The molecule has 0 atom stereocenters. The Hall–Kier alpha value is -4.32. The first-order chi connectivity index (χ1) is 21.4. The van der Waals surface area contributed by atoms with Crippen molar-refractivity contribution in [3.63, 3.8) is 0 Å². The van der Waals surface area contributed by atoms with E-state index in [4.69, 9.17) is 9.47 Å². The number of anilines is 2. The summed E-state index contributed by atoms with van der Waals surface area (Å²) in [6.07, 6.45) is 17.6. The Labute approximate surface area is 263 Å². The average Bonchev–Trinajstić information content (AvgIpc) is 3.02. The second-order valence-electron chi connectivity index (χ2n) is 11.0. The van der Waals surface area contributed by atoms with Crippen molar-refractivity contribution < 1.29 is 19.1 Å². The molecule has 3 aromatic carbocycles. The highest BCUT2D eigenvalue weighted by Gasteiger charge is 2.14. The van der Waals surface area contributed by atoms with E-state index >= 15 is 0 Å². The second kappa shape index (κ2) is 19.1. The van der Waals surface area contributed by atoms with Crippen LogP contribution in [0.1, 0.15) is 97.1 Å². The van der Waals surface area contributed by atoms with Crippen molar-refractivity contribution in [1.29, 1.82) is 0 Å². The van der Waals surface area contributed by atoms with Gasteiger partial charge in [0.25, 0.3) is 11.8 Å². The summed E-state index contributed by atoms with van der Waals surface area (Å²) in [7, 11) is 0. The molecule has 0 spiro atoms. The van der Waals surface area contributed by atoms with Crippen molar-refractivity contribution in [2.75, 3.05) is 23.8 Å². The summed E-state index contributed by atoms with van der Waals surface area (Å²) in [5.41, 5.74) is 4.12. The molecule has 2 amide bonds. The van der Waals surface area contributed by atoms with E-state index in [2.05, 4.69) is 36.6 Å². The van der Waals surface area contributed by atoms with Gasteiger partial charge in [0.1, 0.15) is 24.7 Å². The molecule has 0 radical (unpaired) electrons. The topological polar surface area (TPSA) is 76.7 Å². The first kappa shape index (κ1) is 34.2. The van der Waals surface area contributed by atoms with Crippen LogP contribution in [0.15, 0.2) is 85.0 Å². The maximum atomic E-state index is 13.1. The Morgan fingerprint density at radius 1 is 0.591 bits per heavy atom. The minimum absolute atomic E-state index is 0.278. The van der Waals surface area contributed by atoms with Crippen LogP contribution in [0.3, 0.4) is 0 Å². The third-order valence-electron chi connectivity index (χ3n) is 7.13. The molecule has 0 aliphatic heterocycles. The largest absolute Gasteiger partial charge is 0.487 e. The van der Waals surface area contributed by atoms with Crippen LogP contribution in [0.4, 0.5) is 11.4 Å². The molecule has 0 bridgehead atoms. The number of hydrogen-bond donors (Lipinski definition) is 2. The lowest BCUT2D eigenvalue weighted by Crippen LogP contribution is -2.15. The molecule has 0 fully saturated rings. The van der Waals surface area contributed by atoms with E-state index in [0.29, 0.717) is 47.2 Å². The molecule has 2 N–H and O–H groups in total. The maximum Gasteiger partial charge on any atom is 0.255 e. The summed E-state index contributed by atoms with van der Waals surface area (Å²) in [5, 5.41) is 5.93. The lowest BCUT2D eigenvalue weighted by atomic mass is 10.1. The lowest BCUT2D eigenvalue weighted by molar-refractivity contribution is 0.101. The summed E-state index contributed by atoms with van der Waals surface area (Å²) in [4.78, 5) is 26.2. The zero-order valence-electron chi connectivity index (χ0n) is 26.8. The molecule has 6 nitrogen and oxygen atoms in total. The number of hydrogen-bond acceptors (Lipinski definition) is 4. The van der Waals surface area contributed by atoms with E-state index in [1.165, 1.54) is 38.5 Å². The van der Waals surface area contributed by atoms with Crippen molar-refractivity contribution >= 4 is 23.2 Å². The molecular weight excluding hydrogens is 548 g/mol. The number of ether oxygens (including phenoxy) is 2. The SMILES string of the molecule is CCCCCC=CCOc1ccc(C)cc1NC(=O)c1ccc(C(=O)Nc2cc(C)ccc2OCC=CCCCCC)cc1. The molecule has 0 aliphatic carbocycles. The normalized spacial score (nSPS) is 11.2. The fourth-order valence-electron chi connectivity index (χ4n) is 4.57. The zero-order valence-corrected chi connectivity index (χ0v) is 26.8. The maximum absolute atomic E-state index is 13.1. The molecule has 44 heavy (non-hydrogen) atoms. The molecule has 3 rings (SSSR count). The van der Waals surface area contributed by atoms with Crippen LogP contribution in [0.2, 0.25) is 0 Å². The number of benzene rings is 3. The van der Waals surface area contributed by atoms with E-state index in [1.807, 2.05) is 62.4 Å². The summed E-state index contributed by atoms with van der Waals surface area (Å²) in [6, 6.07) is 18.0. The fraction of sp³-hybridized carbons (Fsp3) is 0.368. The molecule has 0 aliphatic rings. The van der Waals surface area contributed by atoms with Gasteiger partial charge in [-0.2, -0.15) is 0 Å². The molecule has 0 unspecified atom stereocenters. The number of unbranched alkanes of at least 4 members (excludes halogenated alkanes) is 6. The lowest BCUT2D eigenvalue weighted by Gasteiger charge is -2.14. The van der Waals surface area contributed by atoms with Crippen LogP contribution in [-0.2, 0) is 0 Å². The Balaban J connectivity index is 1.59. The van der Waals surface area contributed by atoms with Crippen molar-refractivity contribution in [1.82, 2.24) is 0 Å². The van der Waals surface area contributed by atoms with Crippen LogP contribution in [0.25, 0.3) is 0 Å². The van der Waals surface area contributed by atoms with Gasteiger partial charge in [0, 0.05) is 11.1 Å². The number of amides is 2. The van der Waals surface area contributed by atoms with Gasteiger partial charge in [-0.1, -0.05) is 76.0 Å². The molecule has 3 aromatic rings. The second-order valence-corrected chi connectivity index (χ2v) is 11.0. The predicted molar refractivity (Wildman–Crippen MR) is 182 cm³/mol. The van der Waals surface area contributed by atoms with Gasteiger partial charge < -0.3 is 20.1 Å². The molecular formula is C38H48N2O4. The van der Waals surface area contributed by atoms with E-state index < -0.39 is 0 Å². The quantitative estimate of drug-likeness (QED) is 0.113. The van der Waals surface area contributed by atoms with Crippen LogP contribution < -0.4 is 20.1 Å². The highest BCUT2D eigenvalue weighted by molar-refractivity contribution is 6.08. The van der Waals surface area contributed by atoms with Gasteiger partial charge in [-0.05, 0) is 99.2 Å². The number of carbonyl (C=O) groups excluding carboxylic acids is 2. The monoisotopic (exact) mass is 596 g/mol. The van der Waals surface area contributed by atoms with Crippen molar-refractivity contribution in [3.8, 4) is 11.5 Å². The number of allylic oxidation sites excluding steroid dienone is 2. The van der Waals surface area contributed by atoms with Crippen molar-refractivity contribution in [2.24, 2.45) is 0 Å². The minimum Gasteiger partial charge on any atom is -0.487 e. The standard InChI is InChI=1S/C38H48N2O4/c1-5-7-9-11-13-15-25-43-35-23-17-29(3)27-33(35)39-37(41)31-19-21-32(22-20-31)38(42)40-34-28-30(4)18-24-36(34)44-26-16-14-12-10-8-6-2/h13-24,27-28H,5-12,25-26H2,1-4H3,(H,39,41)(H,40,42). The summed E-state index contributed by atoms with van der Waals surface area (Å²) in [5.74, 6) is 0.668. The van der Waals surface area contributed by atoms with E-state index in [-0.39, 0.29) is 11.8 Å². The third kappa shape index (κ3) is 11.8. The third-order valence-corrected chi connectivity index (χ3v) is 7.13. The fourth-order valence-corrected chi connectivity index (χ4v) is 4.57. The van der Waals surface area contributed by atoms with Crippen molar-refractivity contribution in [3.05, 3.63) is 107 Å². The Kier molecular flexibility index (Phi) is 14.8. The molecule has 6 heteroatoms. The van der Waals surface area contributed by atoms with Gasteiger partial charge in [0.15, 0.2) is 0 Å². The average molecular weight is 597 g/mol. The van der Waals surface area contributed by atoms with Gasteiger partial charge >= 0.3 is 0 Å². The van der Waals surface area contributed by atoms with Gasteiger partial charge in [-0.15, -0.1) is 0 Å². The Morgan fingerprint density at radius 3 is 1.39 bits per heavy atom. The van der Waals surface area contributed by atoms with Gasteiger partial charge in [-0.3, -0.25) is 9.59 Å². The number of aryl methyl sites for hydroxylation is 2. The van der Waals surface area contributed by atoms with Crippen LogP contribution in [0, 0.1) is 13.8 Å². The number of rotatable bonds is 18. The first-order valence-corrected chi connectivity index (χ1v) is 15.9. The molecule has 0 heterocycles. The highest BCUT2D eigenvalue weighted by Crippen LogP contribution is 2.28. The van der Waals surface area contributed by atoms with E-state index in [1.54, 1.807) is 24.3 Å². The Bertz CT molecular complexity index is 1290. The first-order valence-electron chi connectivity index (χ1n) is 15.9. The Morgan fingerprint density at radius 2 is 1.00 bits per heavy atom. The van der Waals surface area contributed by atoms with Gasteiger partial charge in [-0.25, -0.2) is 0 Å². The highest BCUT2D eigenvalue weighted by atomic mass is 16.5. The van der Waals surface area contributed by atoms with E-state index in [9.17, 15) is 9.59 Å². The van der Waals surface area contributed by atoms with Crippen LogP contribution in [0.5, 0.6) is 11.5 Å². The molecule has 0 saturated heterocycles. The van der Waals surface area contributed by atoms with Gasteiger partial charge in [0.2, 0.25) is 0 Å². The van der Waals surface area contributed by atoms with E-state index in [0.717, 1.165) is 24.0 Å². The van der Waals surface area contributed by atoms with Gasteiger partial charge in [0.05, 0.1) is 11.4 Å².